The van der Waals surface area contributed by atoms with E-state index in [0.717, 1.165) is 16.8 Å². The fraction of sp³-hybridized carbons (Fsp3) is 0.200. The number of nitrogens with zero attached hydrogens (tertiary/aromatic N) is 1. The normalized spacial score (nSPS) is 11.9. The first-order valence-corrected chi connectivity index (χ1v) is 6.27. The van der Waals surface area contributed by atoms with Gasteiger partial charge in [-0.05, 0) is 43.2 Å². The molecule has 2 rings (SSSR count). The SMILES string of the molecule is Cc1ccc(Nc2ccc(C(C)O)cc2)c([N+](=O)[O-])c1. The van der Waals surface area contributed by atoms with Gasteiger partial charge in [-0.25, -0.2) is 0 Å². The van der Waals surface area contributed by atoms with Crippen molar-refractivity contribution in [3.63, 3.8) is 0 Å². The second kappa shape index (κ2) is 5.71. The summed E-state index contributed by atoms with van der Waals surface area (Å²) in [7, 11) is 0. The third kappa shape index (κ3) is 3.13. The molecule has 5 nitrogen and oxygen atoms in total. The molecule has 0 bridgehead atoms. The van der Waals surface area contributed by atoms with Gasteiger partial charge in [-0.2, -0.15) is 0 Å². The molecule has 104 valence electrons. The van der Waals surface area contributed by atoms with E-state index in [1.54, 1.807) is 37.3 Å². The monoisotopic (exact) mass is 272 g/mol. The van der Waals surface area contributed by atoms with Crippen molar-refractivity contribution in [1.29, 1.82) is 0 Å². The van der Waals surface area contributed by atoms with E-state index >= 15 is 0 Å². The van der Waals surface area contributed by atoms with Crippen LogP contribution in [-0.4, -0.2) is 10.0 Å². The number of hydrogen-bond acceptors (Lipinski definition) is 4. The summed E-state index contributed by atoms with van der Waals surface area (Å²) < 4.78 is 0. The second-order valence-electron chi connectivity index (χ2n) is 4.70. The lowest BCUT2D eigenvalue weighted by Crippen LogP contribution is -1.98. The van der Waals surface area contributed by atoms with Crippen LogP contribution >= 0.6 is 0 Å². The number of nitro groups is 1. The predicted octanol–water partition coefficient (Wildman–Crippen LogP) is 3.70. The molecule has 2 aromatic rings. The molecule has 2 N–H and O–H groups in total. The third-order valence-electron chi connectivity index (χ3n) is 3.02. The van der Waals surface area contributed by atoms with Crippen LogP contribution in [0, 0.1) is 17.0 Å². The van der Waals surface area contributed by atoms with E-state index in [9.17, 15) is 15.2 Å². The second-order valence-corrected chi connectivity index (χ2v) is 4.70. The van der Waals surface area contributed by atoms with Crippen molar-refractivity contribution in [1.82, 2.24) is 0 Å². The number of nitro benzene ring substituents is 1. The Labute approximate surface area is 117 Å². The number of benzene rings is 2. The van der Waals surface area contributed by atoms with Crippen LogP contribution < -0.4 is 5.32 Å². The fourth-order valence-corrected chi connectivity index (χ4v) is 1.90. The van der Waals surface area contributed by atoms with Gasteiger partial charge >= 0.3 is 0 Å². The average molecular weight is 272 g/mol. The standard InChI is InChI=1S/C15H16N2O3/c1-10-3-8-14(15(9-10)17(19)20)16-13-6-4-12(5-7-13)11(2)18/h3-9,11,16,18H,1-2H3. The number of aryl methyl sites for hydroxylation is 1. The van der Waals surface area contributed by atoms with E-state index in [1.807, 2.05) is 13.0 Å². The van der Waals surface area contributed by atoms with E-state index in [0.29, 0.717) is 5.69 Å². The maximum absolute atomic E-state index is 11.0. The maximum Gasteiger partial charge on any atom is 0.292 e. The van der Waals surface area contributed by atoms with Crippen molar-refractivity contribution < 1.29 is 10.0 Å². The quantitative estimate of drug-likeness (QED) is 0.657. The molecule has 0 amide bonds. The van der Waals surface area contributed by atoms with Crippen molar-refractivity contribution in [3.05, 3.63) is 63.7 Å². The molecule has 0 aliphatic carbocycles. The molecular weight excluding hydrogens is 256 g/mol. The predicted molar refractivity (Wildman–Crippen MR) is 78.2 cm³/mol. The molecule has 2 aromatic carbocycles. The molecule has 20 heavy (non-hydrogen) atoms. The highest BCUT2D eigenvalue weighted by Crippen LogP contribution is 2.28. The molecule has 0 heterocycles. The average Bonchev–Trinajstić information content (AvgIpc) is 2.41. The number of aliphatic hydroxyl groups excluding tert-OH is 1. The van der Waals surface area contributed by atoms with Crippen molar-refractivity contribution in [2.24, 2.45) is 0 Å². The Morgan fingerprint density at radius 2 is 1.85 bits per heavy atom. The van der Waals surface area contributed by atoms with E-state index in [2.05, 4.69) is 5.32 Å². The van der Waals surface area contributed by atoms with Gasteiger partial charge in [0.2, 0.25) is 0 Å². The topological polar surface area (TPSA) is 75.4 Å². The summed E-state index contributed by atoms with van der Waals surface area (Å²) in [5.74, 6) is 0. The minimum atomic E-state index is -0.530. The Balaban J connectivity index is 2.28. The first-order valence-electron chi connectivity index (χ1n) is 6.27. The van der Waals surface area contributed by atoms with Crippen LogP contribution in [0.4, 0.5) is 17.1 Å². The van der Waals surface area contributed by atoms with Gasteiger partial charge in [0.05, 0.1) is 11.0 Å². The van der Waals surface area contributed by atoms with Crippen LogP contribution in [0.2, 0.25) is 0 Å². The Hall–Kier alpha value is -2.40. The zero-order chi connectivity index (χ0) is 14.7. The number of nitrogens with one attached hydrogen (secondary N) is 1. The Bertz CT molecular complexity index is 622. The van der Waals surface area contributed by atoms with Crippen LogP contribution in [-0.2, 0) is 0 Å². The molecular formula is C15H16N2O3. The van der Waals surface area contributed by atoms with Crippen LogP contribution in [0.3, 0.4) is 0 Å². The smallest absolute Gasteiger partial charge is 0.292 e. The van der Waals surface area contributed by atoms with Gasteiger partial charge in [-0.1, -0.05) is 18.2 Å². The molecule has 0 saturated carbocycles. The van der Waals surface area contributed by atoms with Gasteiger partial charge in [0, 0.05) is 11.8 Å². The summed E-state index contributed by atoms with van der Waals surface area (Å²) in [5, 5.41) is 23.5. The lowest BCUT2D eigenvalue weighted by molar-refractivity contribution is -0.384. The molecule has 0 radical (unpaired) electrons. The van der Waals surface area contributed by atoms with Crippen molar-refractivity contribution in [2.75, 3.05) is 5.32 Å². The van der Waals surface area contributed by atoms with Crippen LogP contribution in [0.25, 0.3) is 0 Å². The molecule has 0 saturated heterocycles. The summed E-state index contributed by atoms with van der Waals surface area (Å²) in [6.07, 6.45) is -0.530. The lowest BCUT2D eigenvalue weighted by Gasteiger charge is -2.09. The fourth-order valence-electron chi connectivity index (χ4n) is 1.90. The highest BCUT2D eigenvalue weighted by Gasteiger charge is 2.13. The van der Waals surface area contributed by atoms with E-state index in [1.165, 1.54) is 6.07 Å². The van der Waals surface area contributed by atoms with Crippen molar-refractivity contribution >= 4 is 17.1 Å². The van der Waals surface area contributed by atoms with Gasteiger partial charge in [0.25, 0.3) is 5.69 Å². The highest BCUT2D eigenvalue weighted by molar-refractivity contribution is 5.70. The van der Waals surface area contributed by atoms with E-state index in [-0.39, 0.29) is 5.69 Å². The van der Waals surface area contributed by atoms with Crippen molar-refractivity contribution in [2.45, 2.75) is 20.0 Å². The van der Waals surface area contributed by atoms with Crippen LogP contribution in [0.5, 0.6) is 0 Å². The summed E-state index contributed by atoms with van der Waals surface area (Å²) >= 11 is 0. The van der Waals surface area contributed by atoms with Crippen molar-refractivity contribution in [3.8, 4) is 0 Å². The summed E-state index contributed by atoms with van der Waals surface area (Å²) in [6.45, 7) is 3.50. The lowest BCUT2D eigenvalue weighted by atomic mass is 10.1. The van der Waals surface area contributed by atoms with E-state index < -0.39 is 11.0 Å². The number of anilines is 2. The molecule has 0 aromatic heterocycles. The molecule has 1 unspecified atom stereocenters. The number of rotatable bonds is 4. The maximum atomic E-state index is 11.0. The minimum Gasteiger partial charge on any atom is -0.389 e. The first-order chi connectivity index (χ1) is 9.47. The molecule has 5 heteroatoms. The summed E-state index contributed by atoms with van der Waals surface area (Å²) in [4.78, 5) is 10.6. The molecule has 0 fully saturated rings. The minimum absolute atomic E-state index is 0.0459. The zero-order valence-corrected chi connectivity index (χ0v) is 11.3. The zero-order valence-electron chi connectivity index (χ0n) is 11.3. The summed E-state index contributed by atoms with van der Waals surface area (Å²) in [5.41, 5.74) is 2.87. The summed E-state index contributed by atoms with van der Waals surface area (Å²) in [6, 6.07) is 12.2. The first kappa shape index (κ1) is 14.0. The van der Waals surface area contributed by atoms with Gasteiger partial charge in [0.15, 0.2) is 0 Å². The largest absolute Gasteiger partial charge is 0.389 e. The van der Waals surface area contributed by atoms with Crippen LogP contribution in [0.15, 0.2) is 42.5 Å². The van der Waals surface area contributed by atoms with Crippen LogP contribution in [0.1, 0.15) is 24.2 Å². The van der Waals surface area contributed by atoms with Gasteiger partial charge < -0.3 is 10.4 Å². The Morgan fingerprint density at radius 3 is 2.40 bits per heavy atom. The number of hydrogen-bond donors (Lipinski definition) is 2. The molecule has 0 aliphatic heterocycles. The molecule has 0 spiro atoms. The third-order valence-corrected chi connectivity index (χ3v) is 3.02. The Morgan fingerprint density at radius 1 is 1.20 bits per heavy atom. The van der Waals surface area contributed by atoms with Gasteiger partial charge in [-0.3, -0.25) is 10.1 Å². The molecule has 1 atom stereocenters. The van der Waals surface area contributed by atoms with Gasteiger partial charge in [0.1, 0.15) is 5.69 Å². The highest BCUT2D eigenvalue weighted by atomic mass is 16.6. The van der Waals surface area contributed by atoms with Gasteiger partial charge in [-0.15, -0.1) is 0 Å². The molecule has 0 aliphatic rings. The Kier molecular flexibility index (Phi) is 4.00. The van der Waals surface area contributed by atoms with E-state index in [4.69, 9.17) is 0 Å². The number of aliphatic hydroxyl groups is 1.